The standard InChI is InChI=1S/C14H19N3O5/c1-19-11(20-2)6-16-10-7-22-13-9(17-10)5-4-8(15)12(13)14(18)21-3/h4-5,11H,6-7,15H2,1-3H3,(H,16,17). The number of hydrogen-bond acceptors (Lipinski definition) is 7. The van der Waals surface area contributed by atoms with Gasteiger partial charge in [0.2, 0.25) is 0 Å². The van der Waals surface area contributed by atoms with Gasteiger partial charge >= 0.3 is 5.97 Å². The molecule has 0 aromatic heterocycles. The highest BCUT2D eigenvalue weighted by atomic mass is 16.7. The van der Waals surface area contributed by atoms with Gasteiger partial charge in [-0.25, -0.2) is 4.79 Å². The maximum absolute atomic E-state index is 11.8. The van der Waals surface area contributed by atoms with Crippen LogP contribution in [0.15, 0.2) is 17.1 Å². The van der Waals surface area contributed by atoms with Gasteiger partial charge in [0.25, 0.3) is 0 Å². The van der Waals surface area contributed by atoms with Crippen LogP contribution in [-0.4, -0.2) is 52.6 Å². The maximum atomic E-state index is 11.8. The van der Waals surface area contributed by atoms with E-state index in [1.807, 2.05) is 0 Å². The Balaban J connectivity index is 2.21. The molecule has 2 rings (SSSR count). The summed E-state index contributed by atoms with van der Waals surface area (Å²) in [5, 5.41) is 3.10. The highest BCUT2D eigenvalue weighted by Gasteiger charge is 2.25. The number of hydrogen-bond donors (Lipinski definition) is 2. The van der Waals surface area contributed by atoms with E-state index in [9.17, 15) is 4.79 Å². The number of esters is 1. The number of nitrogens with two attached hydrogens (primary N) is 1. The Labute approximate surface area is 128 Å². The Kier molecular flexibility index (Phi) is 5.18. The van der Waals surface area contributed by atoms with Gasteiger partial charge in [-0.15, -0.1) is 0 Å². The second-order valence-corrected chi connectivity index (χ2v) is 4.50. The first-order chi connectivity index (χ1) is 10.6. The van der Waals surface area contributed by atoms with Crippen molar-refractivity contribution in [1.29, 1.82) is 0 Å². The van der Waals surface area contributed by atoms with Crippen LogP contribution in [0.25, 0.3) is 0 Å². The third kappa shape index (κ3) is 3.29. The van der Waals surface area contributed by atoms with Gasteiger partial charge in [0.15, 0.2) is 12.0 Å². The number of methoxy groups -OCH3 is 3. The minimum Gasteiger partial charge on any atom is -0.483 e. The Morgan fingerprint density at radius 2 is 2.14 bits per heavy atom. The number of nitrogen functional groups attached to an aromatic ring is 1. The number of carbonyl (C=O) groups excluding carboxylic acids is 1. The first-order valence-corrected chi connectivity index (χ1v) is 6.60. The smallest absolute Gasteiger partial charge is 0.343 e. The fraction of sp³-hybridized carbons (Fsp3) is 0.429. The lowest BCUT2D eigenvalue weighted by Gasteiger charge is -2.23. The predicted octanol–water partition coefficient (Wildman–Crippen LogP) is 0.877. The zero-order valence-electron chi connectivity index (χ0n) is 12.7. The van der Waals surface area contributed by atoms with E-state index >= 15 is 0 Å². The maximum Gasteiger partial charge on any atom is 0.343 e. The summed E-state index contributed by atoms with van der Waals surface area (Å²) < 4.78 is 20.5. The number of ether oxygens (including phenoxy) is 4. The van der Waals surface area contributed by atoms with Gasteiger partial charge in [0, 0.05) is 14.2 Å². The van der Waals surface area contributed by atoms with Crippen LogP contribution >= 0.6 is 0 Å². The SMILES string of the molecule is COC(=O)c1c(N)ccc2c1OCC(=NCC(OC)OC)N2. The normalized spacial score (nSPS) is 15.2. The molecule has 0 amide bonds. The molecular formula is C14H19N3O5. The van der Waals surface area contributed by atoms with Crippen LogP contribution in [0, 0.1) is 0 Å². The van der Waals surface area contributed by atoms with Crippen molar-refractivity contribution in [3.63, 3.8) is 0 Å². The number of aliphatic imine (C=N–C) groups is 1. The first kappa shape index (κ1) is 16.1. The lowest BCUT2D eigenvalue weighted by atomic mass is 10.1. The molecule has 8 heteroatoms. The fourth-order valence-corrected chi connectivity index (χ4v) is 2.01. The van der Waals surface area contributed by atoms with Crippen molar-refractivity contribution in [2.24, 2.45) is 4.99 Å². The summed E-state index contributed by atoms with van der Waals surface area (Å²) in [6.07, 6.45) is -0.423. The molecule has 0 fully saturated rings. The monoisotopic (exact) mass is 309 g/mol. The molecular weight excluding hydrogens is 290 g/mol. The van der Waals surface area contributed by atoms with Gasteiger partial charge in [-0.2, -0.15) is 0 Å². The van der Waals surface area contributed by atoms with Gasteiger partial charge in [-0.3, -0.25) is 4.99 Å². The summed E-state index contributed by atoms with van der Waals surface area (Å²) in [4.78, 5) is 16.1. The Morgan fingerprint density at radius 3 is 2.77 bits per heavy atom. The molecule has 0 unspecified atom stereocenters. The van der Waals surface area contributed by atoms with E-state index in [1.165, 1.54) is 7.11 Å². The van der Waals surface area contributed by atoms with E-state index < -0.39 is 12.3 Å². The molecule has 0 aliphatic carbocycles. The van der Waals surface area contributed by atoms with Crippen LogP contribution in [0.3, 0.4) is 0 Å². The number of amidine groups is 1. The first-order valence-electron chi connectivity index (χ1n) is 6.60. The van der Waals surface area contributed by atoms with Gasteiger partial charge in [-0.1, -0.05) is 0 Å². The molecule has 0 bridgehead atoms. The van der Waals surface area contributed by atoms with E-state index in [1.54, 1.807) is 26.4 Å². The highest BCUT2D eigenvalue weighted by Crippen LogP contribution is 2.35. The van der Waals surface area contributed by atoms with E-state index in [2.05, 4.69) is 10.3 Å². The summed E-state index contributed by atoms with van der Waals surface area (Å²) >= 11 is 0. The van der Waals surface area contributed by atoms with Gasteiger partial charge in [-0.05, 0) is 12.1 Å². The topological polar surface area (TPSA) is 104 Å². The van der Waals surface area contributed by atoms with Gasteiger partial charge in [0.05, 0.1) is 25.0 Å². The van der Waals surface area contributed by atoms with Crippen molar-refractivity contribution in [3.8, 4) is 5.75 Å². The predicted molar refractivity (Wildman–Crippen MR) is 81.4 cm³/mol. The molecule has 0 saturated heterocycles. The number of nitrogens with zero attached hydrogens (tertiary/aromatic N) is 1. The molecule has 120 valence electrons. The van der Waals surface area contributed by atoms with Crippen LogP contribution < -0.4 is 15.8 Å². The molecule has 0 radical (unpaired) electrons. The van der Waals surface area contributed by atoms with Crippen molar-refractivity contribution in [2.75, 3.05) is 45.5 Å². The van der Waals surface area contributed by atoms with Crippen LogP contribution in [-0.2, 0) is 14.2 Å². The molecule has 1 aromatic carbocycles. The number of rotatable bonds is 5. The Bertz CT molecular complexity index is 584. The fourth-order valence-electron chi connectivity index (χ4n) is 2.01. The van der Waals surface area contributed by atoms with E-state index in [0.717, 1.165) is 0 Å². The minimum absolute atomic E-state index is 0.181. The van der Waals surface area contributed by atoms with Crippen LogP contribution in [0.2, 0.25) is 0 Å². The summed E-state index contributed by atoms with van der Waals surface area (Å²) in [6, 6.07) is 3.33. The molecule has 1 aliphatic rings. The average Bonchev–Trinajstić information content (AvgIpc) is 2.55. The molecule has 8 nitrogen and oxygen atoms in total. The van der Waals surface area contributed by atoms with Crippen molar-refractivity contribution in [3.05, 3.63) is 17.7 Å². The second kappa shape index (κ2) is 7.10. The highest BCUT2D eigenvalue weighted by molar-refractivity contribution is 6.06. The van der Waals surface area contributed by atoms with Crippen molar-refractivity contribution < 1.29 is 23.7 Å². The van der Waals surface area contributed by atoms with E-state index in [4.69, 9.17) is 24.7 Å². The number of nitrogens with one attached hydrogen (secondary N) is 1. The molecule has 0 atom stereocenters. The Hall–Kier alpha value is -2.32. The van der Waals surface area contributed by atoms with E-state index in [-0.39, 0.29) is 12.2 Å². The average molecular weight is 309 g/mol. The molecule has 1 aliphatic heterocycles. The summed E-state index contributed by atoms with van der Waals surface area (Å²) in [5.74, 6) is 0.420. The van der Waals surface area contributed by atoms with Crippen LogP contribution in [0.5, 0.6) is 5.75 Å². The zero-order chi connectivity index (χ0) is 16.1. The summed E-state index contributed by atoms with van der Waals surface area (Å²) in [5.41, 5.74) is 6.93. The number of anilines is 2. The third-order valence-corrected chi connectivity index (χ3v) is 3.17. The van der Waals surface area contributed by atoms with Crippen LogP contribution in [0.1, 0.15) is 10.4 Å². The third-order valence-electron chi connectivity index (χ3n) is 3.17. The Morgan fingerprint density at radius 1 is 1.41 bits per heavy atom. The number of carbonyl (C=O) groups is 1. The molecule has 22 heavy (non-hydrogen) atoms. The molecule has 0 spiro atoms. The second-order valence-electron chi connectivity index (χ2n) is 4.50. The molecule has 3 N–H and O–H groups in total. The van der Waals surface area contributed by atoms with Crippen molar-refractivity contribution >= 4 is 23.2 Å². The molecule has 1 aromatic rings. The zero-order valence-corrected chi connectivity index (χ0v) is 12.7. The van der Waals surface area contributed by atoms with Crippen molar-refractivity contribution in [1.82, 2.24) is 0 Å². The van der Waals surface area contributed by atoms with Gasteiger partial charge in [0.1, 0.15) is 18.0 Å². The number of benzene rings is 1. The molecule has 1 heterocycles. The lowest BCUT2D eigenvalue weighted by Crippen LogP contribution is -2.29. The summed E-state index contributed by atoms with van der Waals surface area (Å²) in [6.45, 7) is 0.507. The summed E-state index contributed by atoms with van der Waals surface area (Å²) in [7, 11) is 4.37. The molecule has 0 saturated carbocycles. The largest absolute Gasteiger partial charge is 0.483 e. The van der Waals surface area contributed by atoms with Crippen LogP contribution in [0.4, 0.5) is 11.4 Å². The van der Waals surface area contributed by atoms with E-state index in [0.29, 0.717) is 29.5 Å². The quantitative estimate of drug-likeness (QED) is 0.472. The lowest BCUT2D eigenvalue weighted by molar-refractivity contribution is -0.0937. The van der Waals surface area contributed by atoms with Gasteiger partial charge < -0.3 is 30.0 Å². The number of fused-ring (bicyclic) bond motifs is 1. The minimum atomic E-state index is -0.546. The van der Waals surface area contributed by atoms with Crippen molar-refractivity contribution in [2.45, 2.75) is 6.29 Å².